The molecular weight excluding hydrogens is 368 g/mol. The van der Waals surface area contributed by atoms with E-state index in [0.29, 0.717) is 12.5 Å². The molecule has 4 bridgehead atoms. The van der Waals surface area contributed by atoms with E-state index in [0.717, 1.165) is 36.4 Å². The highest BCUT2D eigenvalue weighted by Crippen LogP contribution is 2.46. The van der Waals surface area contributed by atoms with Crippen LogP contribution < -0.4 is 5.32 Å². The molecule has 0 spiro atoms. The summed E-state index contributed by atoms with van der Waals surface area (Å²) in [6, 6.07) is 11.7. The minimum atomic E-state index is 0.282. The second kappa shape index (κ2) is 9.02. The number of benzene rings is 1. The van der Waals surface area contributed by atoms with Crippen LogP contribution in [0, 0.1) is 11.8 Å². The zero-order valence-corrected chi connectivity index (χ0v) is 18.8. The molecule has 2 unspecified atom stereocenters. The Morgan fingerprint density at radius 2 is 1.57 bits per heavy atom. The third kappa shape index (κ3) is 4.47. The fraction of sp³-hybridized carbons (Fsp3) is 0.741. The van der Waals surface area contributed by atoms with Crippen molar-refractivity contribution in [3.05, 3.63) is 29.8 Å². The molecule has 2 heterocycles. The maximum absolute atomic E-state index is 11.5. The molecule has 164 valence electrons. The molecular formula is C27H40N2O. The summed E-state index contributed by atoms with van der Waals surface area (Å²) in [4.78, 5) is 14.5. The first-order chi connectivity index (χ1) is 14.7. The molecule has 1 N–H and O–H groups in total. The normalized spacial score (nSPS) is 36.3. The van der Waals surface area contributed by atoms with Gasteiger partial charge >= 0.3 is 0 Å². The highest BCUT2D eigenvalue weighted by Gasteiger charge is 2.44. The highest BCUT2D eigenvalue weighted by molar-refractivity contribution is 5.76. The SMILES string of the molecule is CC(=O)CCc1ccccc1NC1C[C@H]2CCC[C@@H](C1)N2C1C[C@H]2CCC[C@@H](C1)C2. The lowest BCUT2D eigenvalue weighted by molar-refractivity contribution is -0.116. The Bertz CT molecular complexity index is 720. The first-order valence-corrected chi connectivity index (χ1v) is 12.8. The van der Waals surface area contributed by atoms with Gasteiger partial charge in [0.1, 0.15) is 5.78 Å². The summed E-state index contributed by atoms with van der Waals surface area (Å²) < 4.78 is 0. The third-order valence-electron chi connectivity index (χ3n) is 8.68. The summed E-state index contributed by atoms with van der Waals surface area (Å²) >= 11 is 0. The van der Waals surface area contributed by atoms with Crippen LogP contribution in [0.3, 0.4) is 0 Å². The zero-order chi connectivity index (χ0) is 20.5. The number of carbonyl (C=O) groups excluding carboxylic acids is 1. The fourth-order valence-electron chi connectivity index (χ4n) is 7.48. The fourth-order valence-corrected chi connectivity index (χ4v) is 7.48. The standard InChI is InChI=1S/C27H40N2O/c1-19(30)12-13-22-8-2-3-11-27(22)28-23-17-24-9-5-10-25(18-23)29(24)26-15-20-6-4-7-21(14-20)16-26/h2-3,8,11,20-21,23-26,28H,4-7,9-10,12-18H2,1H3/t20-,21+,23?,24-,25+,26?. The molecule has 6 atom stereocenters. The zero-order valence-electron chi connectivity index (χ0n) is 18.8. The number of piperidine rings is 2. The van der Waals surface area contributed by atoms with Gasteiger partial charge in [0.05, 0.1) is 0 Å². The number of nitrogens with one attached hydrogen (secondary N) is 1. The quantitative estimate of drug-likeness (QED) is 0.629. The van der Waals surface area contributed by atoms with E-state index in [2.05, 4.69) is 34.5 Å². The Hall–Kier alpha value is -1.35. The second-order valence-electron chi connectivity index (χ2n) is 10.9. The Labute approximate surface area is 183 Å². The number of para-hydroxylation sites is 1. The van der Waals surface area contributed by atoms with Gasteiger partial charge in [0, 0.05) is 36.3 Å². The van der Waals surface area contributed by atoms with E-state index in [1.165, 1.54) is 81.9 Å². The summed E-state index contributed by atoms with van der Waals surface area (Å²) in [6.07, 6.45) is 17.3. The predicted octanol–water partition coefficient (Wildman–Crippen LogP) is 5.97. The van der Waals surface area contributed by atoms with E-state index >= 15 is 0 Å². The molecule has 5 rings (SSSR count). The minimum Gasteiger partial charge on any atom is -0.382 e. The number of hydrogen-bond donors (Lipinski definition) is 1. The van der Waals surface area contributed by atoms with Crippen LogP contribution in [-0.4, -0.2) is 34.9 Å². The van der Waals surface area contributed by atoms with Gasteiger partial charge in [-0.25, -0.2) is 0 Å². The van der Waals surface area contributed by atoms with Crippen LogP contribution in [0.15, 0.2) is 24.3 Å². The van der Waals surface area contributed by atoms with Crippen LogP contribution in [0.1, 0.15) is 89.5 Å². The number of aryl methyl sites for hydroxylation is 1. The molecule has 2 aliphatic carbocycles. The molecule has 3 heteroatoms. The van der Waals surface area contributed by atoms with E-state index in [-0.39, 0.29) is 5.78 Å². The van der Waals surface area contributed by atoms with Crippen molar-refractivity contribution in [2.75, 3.05) is 5.32 Å². The highest BCUT2D eigenvalue weighted by atomic mass is 16.1. The largest absolute Gasteiger partial charge is 0.382 e. The first kappa shape index (κ1) is 20.5. The molecule has 0 radical (unpaired) electrons. The van der Waals surface area contributed by atoms with Crippen LogP contribution in [0.2, 0.25) is 0 Å². The van der Waals surface area contributed by atoms with E-state index in [1.807, 2.05) is 0 Å². The van der Waals surface area contributed by atoms with Crippen LogP contribution in [0.4, 0.5) is 5.69 Å². The Morgan fingerprint density at radius 1 is 0.900 bits per heavy atom. The molecule has 30 heavy (non-hydrogen) atoms. The van der Waals surface area contributed by atoms with Crippen molar-refractivity contribution < 1.29 is 4.79 Å². The number of rotatable bonds is 6. The number of anilines is 1. The molecule has 3 nitrogen and oxygen atoms in total. The van der Waals surface area contributed by atoms with Gasteiger partial charge in [-0.3, -0.25) is 4.90 Å². The van der Waals surface area contributed by atoms with Crippen LogP contribution in [0.5, 0.6) is 0 Å². The van der Waals surface area contributed by atoms with Crippen molar-refractivity contribution >= 4 is 11.5 Å². The topological polar surface area (TPSA) is 32.3 Å². The van der Waals surface area contributed by atoms with E-state index in [9.17, 15) is 4.79 Å². The van der Waals surface area contributed by atoms with Crippen LogP contribution >= 0.6 is 0 Å². The van der Waals surface area contributed by atoms with Crippen LogP contribution in [-0.2, 0) is 11.2 Å². The van der Waals surface area contributed by atoms with E-state index in [1.54, 1.807) is 6.92 Å². The third-order valence-corrected chi connectivity index (χ3v) is 8.68. The lowest BCUT2D eigenvalue weighted by Gasteiger charge is -2.55. The summed E-state index contributed by atoms with van der Waals surface area (Å²) in [7, 11) is 0. The van der Waals surface area contributed by atoms with Crippen molar-refractivity contribution in [2.45, 2.75) is 115 Å². The lowest BCUT2D eigenvalue weighted by atomic mass is 9.68. The Balaban J connectivity index is 1.26. The Kier molecular flexibility index (Phi) is 6.18. The Morgan fingerprint density at radius 3 is 2.27 bits per heavy atom. The van der Waals surface area contributed by atoms with Gasteiger partial charge in [-0.1, -0.05) is 43.9 Å². The number of nitrogens with zero attached hydrogens (tertiary/aromatic N) is 1. The van der Waals surface area contributed by atoms with E-state index < -0.39 is 0 Å². The molecule has 2 saturated carbocycles. The lowest BCUT2D eigenvalue weighted by Crippen LogP contribution is -2.60. The van der Waals surface area contributed by atoms with Crippen molar-refractivity contribution in [1.29, 1.82) is 0 Å². The monoisotopic (exact) mass is 408 g/mol. The van der Waals surface area contributed by atoms with E-state index in [4.69, 9.17) is 0 Å². The van der Waals surface area contributed by atoms with Gasteiger partial charge in [0.15, 0.2) is 0 Å². The molecule has 0 aromatic heterocycles. The molecule has 2 aliphatic heterocycles. The van der Waals surface area contributed by atoms with Crippen molar-refractivity contribution in [3.63, 3.8) is 0 Å². The van der Waals surface area contributed by atoms with Gasteiger partial charge < -0.3 is 10.1 Å². The van der Waals surface area contributed by atoms with Crippen molar-refractivity contribution in [1.82, 2.24) is 4.90 Å². The first-order valence-electron chi connectivity index (χ1n) is 12.8. The maximum atomic E-state index is 11.5. The van der Waals surface area contributed by atoms with Crippen molar-refractivity contribution in [2.24, 2.45) is 11.8 Å². The number of carbonyl (C=O) groups is 1. The van der Waals surface area contributed by atoms with Gasteiger partial charge in [0.25, 0.3) is 0 Å². The maximum Gasteiger partial charge on any atom is 0.130 e. The van der Waals surface area contributed by atoms with Crippen molar-refractivity contribution in [3.8, 4) is 0 Å². The number of ketones is 1. The number of fused-ring (bicyclic) bond motifs is 4. The van der Waals surface area contributed by atoms with Gasteiger partial charge in [-0.05, 0) is 81.8 Å². The van der Waals surface area contributed by atoms with Crippen LogP contribution in [0.25, 0.3) is 0 Å². The van der Waals surface area contributed by atoms with Gasteiger partial charge in [0.2, 0.25) is 0 Å². The molecule has 4 aliphatic rings. The number of Topliss-reactive ketones (excluding diaryl/α,β-unsaturated/α-hetero) is 1. The molecule has 0 amide bonds. The summed E-state index contributed by atoms with van der Waals surface area (Å²) in [5.74, 6) is 2.32. The second-order valence-corrected chi connectivity index (χ2v) is 10.9. The average molecular weight is 409 g/mol. The molecule has 1 aromatic rings. The molecule has 2 saturated heterocycles. The summed E-state index contributed by atoms with van der Waals surface area (Å²) in [5.41, 5.74) is 2.57. The summed E-state index contributed by atoms with van der Waals surface area (Å²) in [5, 5.41) is 3.93. The molecule has 1 aromatic carbocycles. The van der Waals surface area contributed by atoms with Gasteiger partial charge in [-0.15, -0.1) is 0 Å². The number of hydrogen-bond acceptors (Lipinski definition) is 3. The minimum absolute atomic E-state index is 0.282. The smallest absolute Gasteiger partial charge is 0.130 e. The predicted molar refractivity (Wildman–Crippen MR) is 124 cm³/mol. The van der Waals surface area contributed by atoms with Gasteiger partial charge in [-0.2, -0.15) is 0 Å². The molecule has 4 fully saturated rings. The summed E-state index contributed by atoms with van der Waals surface area (Å²) in [6.45, 7) is 1.70. The average Bonchev–Trinajstić information content (AvgIpc) is 2.72.